The molecule has 0 fully saturated rings. The van der Waals surface area contributed by atoms with Gasteiger partial charge in [0.1, 0.15) is 11.4 Å². The van der Waals surface area contributed by atoms with E-state index in [0.29, 0.717) is 17.1 Å². The Morgan fingerprint density at radius 1 is 1.10 bits per heavy atom. The van der Waals surface area contributed by atoms with Crippen LogP contribution in [-0.2, 0) is 0 Å². The van der Waals surface area contributed by atoms with Crippen molar-refractivity contribution in [2.45, 2.75) is 13.0 Å². The smallest absolute Gasteiger partial charge is 0.271 e. The van der Waals surface area contributed by atoms with E-state index < -0.39 is 4.92 Å². The van der Waals surface area contributed by atoms with Crippen LogP contribution < -0.4 is 5.32 Å². The fourth-order valence-electron chi connectivity index (χ4n) is 3.12. The van der Waals surface area contributed by atoms with Gasteiger partial charge in [0, 0.05) is 18.2 Å². The van der Waals surface area contributed by atoms with Crippen molar-refractivity contribution in [3.8, 4) is 17.1 Å². The van der Waals surface area contributed by atoms with E-state index in [9.17, 15) is 14.9 Å². The Balaban J connectivity index is 1.73. The lowest BCUT2D eigenvalue weighted by Crippen LogP contribution is -2.28. The number of nitrogens with zero attached hydrogens (tertiary/aromatic N) is 3. The number of carbonyl (C=O) groups excluding carboxylic acids is 1. The molecule has 2 aromatic heterocycles. The van der Waals surface area contributed by atoms with Crippen LogP contribution in [0.5, 0.6) is 0 Å². The van der Waals surface area contributed by atoms with Crippen LogP contribution in [0.2, 0.25) is 0 Å². The summed E-state index contributed by atoms with van der Waals surface area (Å²) in [6, 6.07) is 20.4. The van der Waals surface area contributed by atoms with Gasteiger partial charge in [-0.15, -0.1) is 0 Å². The first-order valence-corrected chi connectivity index (χ1v) is 9.27. The zero-order valence-electron chi connectivity index (χ0n) is 16.1. The number of aromatic nitrogens is 2. The van der Waals surface area contributed by atoms with Gasteiger partial charge in [-0.1, -0.05) is 36.4 Å². The van der Waals surface area contributed by atoms with Crippen molar-refractivity contribution in [2.75, 3.05) is 0 Å². The minimum absolute atomic E-state index is 0.0911. The first-order valence-electron chi connectivity index (χ1n) is 9.27. The molecule has 0 aliphatic heterocycles. The Hall–Kier alpha value is -4.20. The summed E-state index contributed by atoms with van der Waals surface area (Å²) in [7, 11) is 0. The summed E-state index contributed by atoms with van der Waals surface area (Å²) in [6.45, 7) is 1.88. The molecule has 1 amide bonds. The van der Waals surface area contributed by atoms with Gasteiger partial charge in [0.15, 0.2) is 5.76 Å². The van der Waals surface area contributed by atoms with Gasteiger partial charge in [-0.25, -0.2) is 4.68 Å². The lowest BCUT2D eigenvalue weighted by molar-refractivity contribution is -0.384. The highest BCUT2D eigenvalue weighted by atomic mass is 16.6. The quantitative estimate of drug-likeness (QED) is 0.377. The van der Waals surface area contributed by atoms with E-state index in [-0.39, 0.29) is 23.3 Å². The predicted molar refractivity (Wildman–Crippen MR) is 110 cm³/mol. The molecular formula is C22H18N4O4. The first-order chi connectivity index (χ1) is 14.5. The third-order valence-corrected chi connectivity index (χ3v) is 4.65. The van der Waals surface area contributed by atoms with Gasteiger partial charge < -0.3 is 9.73 Å². The molecule has 30 heavy (non-hydrogen) atoms. The molecule has 0 saturated carbocycles. The molecule has 150 valence electrons. The van der Waals surface area contributed by atoms with Crippen molar-refractivity contribution in [1.29, 1.82) is 0 Å². The van der Waals surface area contributed by atoms with Gasteiger partial charge in [-0.3, -0.25) is 14.9 Å². The predicted octanol–water partition coefficient (Wildman–Crippen LogP) is 4.53. The van der Waals surface area contributed by atoms with Gasteiger partial charge in [0.25, 0.3) is 11.6 Å². The third kappa shape index (κ3) is 3.83. The minimum Gasteiger partial charge on any atom is -0.463 e. The average molecular weight is 402 g/mol. The van der Waals surface area contributed by atoms with Crippen LogP contribution in [0.3, 0.4) is 0 Å². The molecular weight excluding hydrogens is 384 g/mol. The molecule has 4 rings (SSSR count). The lowest BCUT2D eigenvalue weighted by atomic mass is 10.1. The van der Waals surface area contributed by atoms with Crippen molar-refractivity contribution in [2.24, 2.45) is 0 Å². The number of non-ortho nitro benzene ring substituents is 1. The maximum atomic E-state index is 13.1. The fourth-order valence-corrected chi connectivity index (χ4v) is 3.12. The Labute approximate surface area is 171 Å². The molecule has 0 aliphatic carbocycles. The van der Waals surface area contributed by atoms with E-state index in [1.807, 2.05) is 37.3 Å². The van der Waals surface area contributed by atoms with Crippen LogP contribution in [0, 0.1) is 10.1 Å². The van der Waals surface area contributed by atoms with Crippen molar-refractivity contribution >= 4 is 11.6 Å². The van der Waals surface area contributed by atoms with E-state index in [1.54, 1.807) is 30.3 Å². The summed E-state index contributed by atoms with van der Waals surface area (Å²) in [4.78, 5) is 23.8. The molecule has 1 atom stereocenters. The van der Waals surface area contributed by atoms with Gasteiger partial charge in [0.2, 0.25) is 0 Å². The van der Waals surface area contributed by atoms with Gasteiger partial charge in [0.05, 0.1) is 22.9 Å². The molecule has 8 heteroatoms. The second kappa shape index (κ2) is 8.04. The highest BCUT2D eigenvalue weighted by Gasteiger charge is 2.21. The number of benzene rings is 2. The van der Waals surface area contributed by atoms with Crippen LogP contribution >= 0.6 is 0 Å². The summed E-state index contributed by atoms with van der Waals surface area (Å²) < 4.78 is 6.79. The Morgan fingerprint density at radius 3 is 2.60 bits per heavy atom. The maximum absolute atomic E-state index is 13.1. The molecule has 0 unspecified atom stereocenters. The molecule has 2 heterocycles. The highest BCUT2D eigenvalue weighted by Crippen LogP contribution is 2.24. The number of hydrogen-bond acceptors (Lipinski definition) is 5. The zero-order valence-corrected chi connectivity index (χ0v) is 16.1. The molecule has 0 saturated heterocycles. The summed E-state index contributed by atoms with van der Waals surface area (Å²) in [5.74, 6) is 0.132. The van der Waals surface area contributed by atoms with Gasteiger partial charge >= 0.3 is 0 Å². The molecule has 1 N–H and O–H groups in total. The topological polar surface area (TPSA) is 103 Å². The van der Waals surface area contributed by atoms with Crippen molar-refractivity contribution in [3.05, 3.63) is 100 Å². The van der Waals surface area contributed by atoms with E-state index in [0.717, 1.165) is 5.56 Å². The summed E-state index contributed by atoms with van der Waals surface area (Å²) >= 11 is 0. The van der Waals surface area contributed by atoms with E-state index in [2.05, 4.69) is 10.4 Å². The normalized spacial score (nSPS) is 11.8. The Morgan fingerprint density at radius 2 is 1.90 bits per heavy atom. The summed E-state index contributed by atoms with van der Waals surface area (Å²) in [5, 5.41) is 18.6. The lowest BCUT2D eigenvalue weighted by Gasteiger charge is -2.15. The monoisotopic (exact) mass is 402 g/mol. The van der Waals surface area contributed by atoms with Crippen LogP contribution in [0.25, 0.3) is 17.1 Å². The van der Waals surface area contributed by atoms with Crippen LogP contribution in [0.15, 0.2) is 83.5 Å². The van der Waals surface area contributed by atoms with Crippen LogP contribution in [0.4, 0.5) is 5.69 Å². The second-order valence-electron chi connectivity index (χ2n) is 6.69. The van der Waals surface area contributed by atoms with Crippen molar-refractivity contribution < 1.29 is 14.1 Å². The molecule has 0 spiro atoms. The fraction of sp³-hybridized carbons (Fsp3) is 0.0909. The first kappa shape index (κ1) is 19.1. The summed E-state index contributed by atoms with van der Waals surface area (Å²) in [6.07, 6.45) is 1.51. The molecule has 0 bridgehead atoms. The van der Waals surface area contributed by atoms with Gasteiger partial charge in [-0.2, -0.15) is 5.10 Å². The number of furan rings is 1. The number of amides is 1. The van der Waals surface area contributed by atoms with Gasteiger partial charge in [-0.05, 0) is 30.7 Å². The van der Waals surface area contributed by atoms with E-state index in [1.165, 1.54) is 23.1 Å². The number of nitro benzene ring substituents is 1. The Kier molecular flexibility index (Phi) is 5.13. The van der Waals surface area contributed by atoms with Crippen molar-refractivity contribution in [1.82, 2.24) is 15.1 Å². The molecule has 8 nitrogen and oxygen atoms in total. The summed E-state index contributed by atoms with van der Waals surface area (Å²) in [5.41, 5.74) is 1.96. The molecule has 2 aromatic carbocycles. The number of nitrogens with one attached hydrogen (secondary N) is 1. The second-order valence-corrected chi connectivity index (χ2v) is 6.69. The number of carbonyl (C=O) groups is 1. The molecule has 0 radical (unpaired) electrons. The highest BCUT2D eigenvalue weighted by molar-refractivity contribution is 5.94. The SMILES string of the molecule is C[C@H](NC(=O)c1cc(-c2ccco2)nn1-c1cccc([N+](=O)[O-])c1)c1ccccc1. The number of nitro groups is 1. The average Bonchev–Trinajstić information content (AvgIpc) is 3.44. The minimum atomic E-state index is -0.488. The largest absolute Gasteiger partial charge is 0.463 e. The zero-order chi connectivity index (χ0) is 21.1. The van der Waals surface area contributed by atoms with Crippen LogP contribution in [0.1, 0.15) is 29.0 Å². The van der Waals surface area contributed by atoms with Crippen molar-refractivity contribution in [3.63, 3.8) is 0 Å². The number of rotatable bonds is 6. The standard InChI is InChI=1S/C22H18N4O4/c1-15(16-7-3-2-4-8-16)23-22(27)20-14-19(21-11-6-12-30-21)24-25(20)17-9-5-10-18(13-17)26(28)29/h2-15H,1H3,(H,23,27)/t15-/m0/s1. The molecule has 0 aliphatic rings. The van der Waals surface area contributed by atoms with Crippen LogP contribution in [-0.4, -0.2) is 20.6 Å². The Bertz CT molecular complexity index is 1180. The van der Waals surface area contributed by atoms with E-state index in [4.69, 9.17) is 4.42 Å². The third-order valence-electron chi connectivity index (χ3n) is 4.65. The number of hydrogen-bond donors (Lipinski definition) is 1. The molecule has 4 aromatic rings. The van der Waals surface area contributed by atoms with E-state index >= 15 is 0 Å². The maximum Gasteiger partial charge on any atom is 0.271 e.